The van der Waals surface area contributed by atoms with Crippen LogP contribution in [0.5, 0.6) is 5.75 Å². The van der Waals surface area contributed by atoms with Gasteiger partial charge in [0.25, 0.3) is 10.0 Å². The molecule has 0 saturated heterocycles. The van der Waals surface area contributed by atoms with Gasteiger partial charge in [0.1, 0.15) is 5.75 Å². The first kappa shape index (κ1) is 14.8. The van der Waals surface area contributed by atoms with Crippen molar-refractivity contribution in [2.24, 2.45) is 0 Å². The molecule has 1 aromatic heterocycles. The number of anilines is 1. The highest BCUT2D eigenvalue weighted by Gasteiger charge is 2.15. The van der Waals surface area contributed by atoms with Gasteiger partial charge in [-0.15, -0.1) is 0 Å². The van der Waals surface area contributed by atoms with Crippen molar-refractivity contribution >= 4 is 21.7 Å². The second-order valence-corrected chi connectivity index (χ2v) is 5.73. The number of hydrogen-bond acceptors (Lipinski definition) is 5. The number of aromatic nitrogens is 1. The van der Waals surface area contributed by atoms with Gasteiger partial charge >= 0.3 is 5.97 Å². The number of aromatic carboxylic acids is 1. The first-order valence-electron chi connectivity index (χ1n) is 5.77. The largest absolute Gasteiger partial charge is 0.497 e. The molecule has 0 aliphatic rings. The summed E-state index contributed by atoms with van der Waals surface area (Å²) < 4.78 is 31.5. The summed E-state index contributed by atoms with van der Waals surface area (Å²) >= 11 is 0. The highest BCUT2D eigenvalue weighted by molar-refractivity contribution is 7.92. The predicted molar refractivity (Wildman–Crippen MR) is 75.0 cm³/mol. The van der Waals surface area contributed by atoms with Crippen LogP contribution in [0.3, 0.4) is 0 Å². The van der Waals surface area contributed by atoms with E-state index >= 15 is 0 Å². The SMILES string of the molecule is COc1ccc(S(=O)(=O)Nc2cncc(C(=O)O)c2)cc1. The van der Waals surface area contributed by atoms with Gasteiger partial charge in [0, 0.05) is 6.20 Å². The Balaban J connectivity index is 2.28. The van der Waals surface area contributed by atoms with Crippen LogP contribution in [0.15, 0.2) is 47.6 Å². The smallest absolute Gasteiger partial charge is 0.337 e. The predicted octanol–water partition coefficient (Wildman–Crippen LogP) is 1.59. The van der Waals surface area contributed by atoms with Crippen LogP contribution in [0.25, 0.3) is 0 Å². The fourth-order valence-electron chi connectivity index (χ4n) is 1.58. The molecule has 0 fully saturated rings. The highest BCUT2D eigenvalue weighted by atomic mass is 32.2. The number of nitrogens with one attached hydrogen (secondary N) is 1. The monoisotopic (exact) mass is 308 g/mol. The maximum absolute atomic E-state index is 12.2. The Kier molecular flexibility index (Phi) is 4.08. The summed E-state index contributed by atoms with van der Waals surface area (Å²) in [7, 11) is -2.34. The normalized spacial score (nSPS) is 10.9. The van der Waals surface area contributed by atoms with Crippen LogP contribution in [0.4, 0.5) is 5.69 Å². The molecule has 0 bridgehead atoms. The van der Waals surface area contributed by atoms with Gasteiger partial charge < -0.3 is 9.84 Å². The third-order valence-electron chi connectivity index (χ3n) is 2.61. The summed E-state index contributed by atoms with van der Waals surface area (Å²) in [6, 6.07) is 6.99. The molecule has 2 rings (SSSR count). The van der Waals surface area contributed by atoms with Gasteiger partial charge in [-0.2, -0.15) is 0 Å². The quantitative estimate of drug-likeness (QED) is 0.869. The molecule has 0 unspecified atom stereocenters. The molecule has 0 aliphatic heterocycles. The zero-order valence-electron chi connectivity index (χ0n) is 11.0. The van der Waals surface area contributed by atoms with Gasteiger partial charge in [0.15, 0.2) is 0 Å². The zero-order chi connectivity index (χ0) is 15.5. The van der Waals surface area contributed by atoms with E-state index in [1.54, 1.807) is 0 Å². The number of carbonyl (C=O) groups is 1. The topological polar surface area (TPSA) is 106 Å². The second-order valence-electron chi connectivity index (χ2n) is 4.05. The van der Waals surface area contributed by atoms with Crippen LogP contribution >= 0.6 is 0 Å². The Morgan fingerprint density at radius 1 is 1.24 bits per heavy atom. The molecule has 0 saturated carbocycles. The fourth-order valence-corrected chi connectivity index (χ4v) is 2.62. The first-order chi connectivity index (χ1) is 9.92. The average molecular weight is 308 g/mol. The molecular formula is C13H12N2O5S. The van der Waals surface area contributed by atoms with Crippen molar-refractivity contribution in [1.29, 1.82) is 0 Å². The van der Waals surface area contributed by atoms with Crippen LogP contribution in [0, 0.1) is 0 Å². The summed E-state index contributed by atoms with van der Waals surface area (Å²) in [5.74, 6) is -0.656. The van der Waals surface area contributed by atoms with E-state index in [2.05, 4.69) is 9.71 Å². The van der Waals surface area contributed by atoms with E-state index in [9.17, 15) is 13.2 Å². The Morgan fingerprint density at radius 2 is 1.90 bits per heavy atom. The number of benzene rings is 1. The van der Waals surface area contributed by atoms with Gasteiger partial charge in [-0.3, -0.25) is 9.71 Å². The number of rotatable bonds is 5. The standard InChI is InChI=1S/C13H12N2O5S/c1-20-11-2-4-12(5-3-11)21(18,19)15-10-6-9(13(16)17)7-14-8-10/h2-8,15H,1H3,(H,16,17). The molecule has 2 N–H and O–H groups in total. The number of sulfonamides is 1. The van der Waals surface area contributed by atoms with Gasteiger partial charge in [-0.25, -0.2) is 13.2 Å². The van der Waals surface area contributed by atoms with Gasteiger partial charge in [0.05, 0.1) is 29.5 Å². The van der Waals surface area contributed by atoms with Crippen molar-refractivity contribution in [3.63, 3.8) is 0 Å². The Morgan fingerprint density at radius 3 is 2.48 bits per heavy atom. The molecule has 8 heteroatoms. The lowest BCUT2D eigenvalue weighted by Gasteiger charge is -2.08. The Labute approximate surface area is 121 Å². The van der Waals surface area contributed by atoms with Crippen molar-refractivity contribution in [3.8, 4) is 5.75 Å². The van der Waals surface area contributed by atoms with Crippen LogP contribution in [0.2, 0.25) is 0 Å². The number of hydrogen-bond donors (Lipinski definition) is 2. The molecule has 2 aromatic rings. The van der Waals surface area contributed by atoms with Crippen LogP contribution in [-0.4, -0.2) is 31.6 Å². The summed E-state index contributed by atoms with van der Waals surface area (Å²) in [6.07, 6.45) is 2.36. The summed E-state index contributed by atoms with van der Waals surface area (Å²) in [5, 5.41) is 8.85. The number of carboxylic acid groups (broad SMARTS) is 1. The fraction of sp³-hybridized carbons (Fsp3) is 0.0769. The molecule has 0 radical (unpaired) electrons. The summed E-state index contributed by atoms with van der Waals surface area (Å²) in [4.78, 5) is 14.5. The average Bonchev–Trinajstić information content (AvgIpc) is 2.47. The molecule has 0 spiro atoms. The number of ether oxygens (including phenoxy) is 1. The number of methoxy groups -OCH3 is 1. The summed E-state index contributed by atoms with van der Waals surface area (Å²) in [5.41, 5.74) is -0.0318. The zero-order valence-corrected chi connectivity index (χ0v) is 11.8. The molecule has 0 aliphatic carbocycles. The third-order valence-corrected chi connectivity index (χ3v) is 4.00. The van der Waals surface area contributed by atoms with E-state index in [-0.39, 0.29) is 16.1 Å². The van der Waals surface area contributed by atoms with E-state index in [4.69, 9.17) is 9.84 Å². The molecule has 21 heavy (non-hydrogen) atoms. The van der Waals surface area contributed by atoms with Crippen LogP contribution in [-0.2, 0) is 10.0 Å². The molecular weight excluding hydrogens is 296 g/mol. The molecule has 0 atom stereocenters. The van der Waals surface area contributed by atoms with Crippen LogP contribution in [0.1, 0.15) is 10.4 Å². The van der Waals surface area contributed by atoms with Gasteiger partial charge in [0.2, 0.25) is 0 Å². The highest BCUT2D eigenvalue weighted by Crippen LogP contribution is 2.19. The van der Waals surface area contributed by atoms with Crippen LogP contribution < -0.4 is 9.46 Å². The maximum atomic E-state index is 12.2. The van der Waals surface area contributed by atoms with Crippen molar-refractivity contribution in [3.05, 3.63) is 48.3 Å². The number of nitrogens with zero attached hydrogens (tertiary/aromatic N) is 1. The van der Waals surface area contributed by atoms with E-state index < -0.39 is 16.0 Å². The lowest BCUT2D eigenvalue weighted by molar-refractivity contribution is 0.0696. The van der Waals surface area contributed by atoms with E-state index in [1.807, 2.05) is 0 Å². The molecule has 7 nitrogen and oxygen atoms in total. The van der Waals surface area contributed by atoms with E-state index in [0.717, 1.165) is 6.20 Å². The van der Waals surface area contributed by atoms with Gasteiger partial charge in [-0.05, 0) is 30.3 Å². The lowest BCUT2D eigenvalue weighted by Crippen LogP contribution is -2.13. The third kappa shape index (κ3) is 3.48. The van der Waals surface area contributed by atoms with E-state index in [0.29, 0.717) is 5.75 Å². The molecule has 0 amide bonds. The van der Waals surface area contributed by atoms with E-state index in [1.165, 1.54) is 43.6 Å². The lowest BCUT2D eigenvalue weighted by atomic mass is 10.3. The minimum atomic E-state index is -3.82. The first-order valence-corrected chi connectivity index (χ1v) is 7.26. The Bertz CT molecular complexity index is 756. The minimum absolute atomic E-state index is 0.0315. The van der Waals surface area contributed by atoms with Crippen molar-refractivity contribution in [2.75, 3.05) is 11.8 Å². The minimum Gasteiger partial charge on any atom is -0.497 e. The van der Waals surface area contributed by atoms with Crippen molar-refractivity contribution < 1.29 is 23.1 Å². The molecule has 1 heterocycles. The van der Waals surface area contributed by atoms with Gasteiger partial charge in [-0.1, -0.05) is 0 Å². The maximum Gasteiger partial charge on any atom is 0.337 e. The van der Waals surface area contributed by atoms with Crippen molar-refractivity contribution in [1.82, 2.24) is 4.98 Å². The molecule has 1 aromatic carbocycles. The number of carboxylic acids is 1. The number of pyridine rings is 1. The second kappa shape index (κ2) is 5.80. The Hall–Kier alpha value is -2.61. The summed E-state index contributed by atoms with van der Waals surface area (Å²) in [6.45, 7) is 0. The van der Waals surface area contributed by atoms with Crippen molar-refractivity contribution in [2.45, 2.75) is 4.90 Å². The molecule has 110 valence electrons.